The van der Waals surface area contributed by atoms with Gasteiger partial charge in [0.25, 0.3) is 11.8 Å². The molecule has 2 N–H and O–H groups in total. The third kappa shape index (κ3) is 3.49. The number of rotatable bonds is 3. The Morgan fingerprint density at radius 2 is 2.12 bits per heavy atom. The van der Waals surface area contributed by atoms with Crippen molar-refractivity contribution >= 4 is 69.4 Å². The minimum absolute atomic E-state index is 0.187. The Labute approximate surface area is 157 Å². The molecule has 0 spiro atoms. The fourth-order valence-corrected chi connectivity index (χ4v) is 3.64. The summed E-state index contributed by atoms with van der Waals surface area (Å²) >= 11 is 18.1. The lowest BCUT2D eigenvalue weighted by Crippen LogP contribution is -2.44. The maximum atomic E-state index is 12.4. The number of aromatic amines is 1. The van der Waals surface area contributed by atoms with Crippen LogP contribution < -0.4 is 5.43 Å². The van der Waals surface area contributed by atoms with Crippen LogP contribution >= 0.6 is 47.2 Å². The first kappa shape index (κ1) is 17.0. The largest absolute Gasteiger partial charge is 0.362 e. The first-order valence-corrected chi connectivity index (χ1v) is 8.61. The molecule has 0 aliphatic carbocycles. The highest BCUT2D eigenvalue weighted by Gasteiger charge is 2.34. The number of carbonyl (C=O) groups is 2. The number of halogens is 2. The van der Waals surface area contributed by atoms with Crippen molar-refractivity contribution < 1.29 is 9.59 Å². The zero-order valence-corrected chi connectivity index (χ0v) is 15.0. The van der Waals surface area contributed by atoms with Crippen LogP contribution in [0.1, 0.15) is 16.1 Å². The monoisotopic (exact) mass is 397 g/mol. The molecule has 1 aromatic heterocycles. The summed E-state index contributed by atoms with van der Waals surface area (Å²) in [5, 5.41) is 1.63. The van der Waals surface area contributed by atoms with E-state index in [2.05, 4.69) is 10.4 Å². The van der Waals surface area contributed by atoms with Crippen LogP contribution in [-0.4, -0.2) is 26.1 Å². The van der Waals surface area contributed by atoms with Gasteiger partial charge in [-0.2, -0.15) is 5.01 Å². The third-order valence-corrected chi connectivity index (χ3v) is 4.94. The predicted octanol–water partition coefficient (Wildman–Crippen LogP) is 3.87. The number of H-pyrrole nitrogens is 1. The summed E-state index contributed by atoms with van der Waals surface area (Å²) < 4.78 is 0.233. The molecule has 2 heterocycles. The van der Waals surface area contributed by atoms with Crippen molar-refractivity contribution in [3.63, 3.8) is 0 Å². The first-order valence-electron chi connectivity index (χ1n) is 6.63. The van der Waals surface area contributed by atoms with E-state index in [4.69, 9.17) is 35.4 Å². The summed E-state index contributed by atoms with van der Waals surface area (Å²) in [6.45, 7) is 0. The SMILES string of the molecule is O=C(NN1C(=O)/C(=C\c2ccc[nH]2)SC1=S)c1ccc(Cl)cc1Cl. The standard InChI is InChI=1S/C15H9Cl2N3O2S2/c16-8-3-4-10(11(17)6-8)13(21)19-20-14(22)12(24-15(20)23)7-9-2-1-5-18-9/h1-7,18H,(H,19,21)/b12-7+. The van der Waals surface area contributed by atoms with Gasteiger partial charge in [0, 0.05) is 16.9 Å². The molecule has 24 heavy (non-hydrogen) atoms. The number of aromatic nitrogens is 1. The van der Waals surface area contributed by atoms with Crippen LogP contribution in [0.2, 0.25) is 10.0 Å². The number of thioether (sulfide) groups is 1. The molecule has 1 aromatic carbocycles. The predicted molar refractivity (Wildman–Crippen MR) is 99.7 cm³/mol. The molecule has 0 unspecified atom stereocenters. The smallest absolute Gasteiger partial charge is 0.285 e. The number of amides is 2. The molecule has 1 fully saturated rings. The van der Waals surface area contributed by atoms with Gasteiger partial charge in [0.1, 0.15) is 0 Å². The van der Waals surface area contributed by atoms with E-state index in [9.17, 15) is 9.59 Å². The van der Waals surface area contributed by atoms with E-state index in [0.717, 1.165) is 22.5 Å². The first-order chi connectivity index (χ1) is 11.5. The number of hydrogen-bond acceptors (Lipinski definition) is 4. The van der Waals surface area contributed by atoms with Gasteiger partial charge in [-0.1, -0.05) is 35.0 Å². The number of nitrogens with zero attached hydrogens (tertiary/aromatic N) is 1. The lowest BCUT2D eigenvalue weighted by Gasteiger charge is -2.16. The van der Waals surface area contributed by atoms with Crippen molar-refractivity contribution in [2.45, 2.75) is 0 Å². The zero-order chi connectivity index (χ0) is 17.3. The highest BCUT2D eigenvalue weighted by Crippen LogP contribution is 2.31. The minimum Gasteiger partial charge on any atom is -0.362 e. The van der Waals surface area contributed by atoms with E-state index in [1.54, 1.807) is 12.3 Å². The topological polar surface area (TPSA) is 65.2 Å². The summed E-state index contributed by atoms with van der Waals surface area (Å²) in [5.41, 5.74) is 3.43. The molecule has 5 nitrogen and oxygen atoms in total. The second-order valence-electron chi connectivity index (χ2n) is 4.71. The molecule has 122 valence electrons. The van der Waals surface area contributed by atoms with E-state index in [1.807, 2.05) is 12.1 Å². The Bertz CT molecular complexity index is 866. The van der Waals surface area contributed by atoms with E-state index in [1.165, 1.54) is 18.2 Å². The second-order valence-corrected chi connectivity index (χ2v) is 7.23. The number of hydrazine groups is 1. The van der Waals surface area contributed by atoms with Gasteiger partial charge < -0.3 is 4.98 Å². The van der Waals surface area contributed by atoms with Crippen LogP contribution in [-0.2, 0) is 4.79 Å². The van der Waals surface area contributed by atoms with Crippen LogP contribution in [0.4, 0.5) is 0 Å². The van der Waals surface area contributed by atoms with Crippen molar-refractivity contribution in [3.05, 3.63) is 62.7 Å². The van der Waals surface area contributed by atoms with Gasteiger partial charge in [-0.25, -0.2) is 0 Å². The quantitative estimate of drug-likeness (QED) is 0.609. The number of thiocarbonyl (C=S) groups is 1. The van der Waals surface area contributed by atoms with Crippen molar-refractivity contribution in [1.29, 1.82) is 0 Å². The van der Waals surface area contributed by atoms with Crippen molar-refractivity contribution in [1.82, 2.24) is 15.4 Å². The van der Waals surface area contributed by atoms with Gasteiger partial charge in [-0.05, 0) is 48.6 Å². The molecule has 3 rings (SSSR count). The van der Waals surface area contributed by atoms with Crippen LogP contribution in [0.3, 0.4) is 0 Å². The van der Waals surface area contributed by atoms with Crippen molar-refractivity contribution in [3.8, 4) is 0 Å². The lowest BCUT2D eigenvalue weighted by atomic mass is 10.2. The van der Waals surface area contributed by atoms with Crippen LogP contribution in [0.5, 0.6) is 0 Å². The van der Waals surface area contributed by atoms with Gasteiger partial charge in [-0.3, -0.25) is 15.0 Å². The van der Waals surface area contributed by atoms with Crippen LogP contribution in [0.25, 0.3) is 6.08 Å². The Morgan fingerprint density at radius 3 is 2.79 bits per heavy atom. The molecule has 0 saturated carbocycles. The molecule has 9 heteroatoms. The van der Waals surface area contributed by atoms with Gasteiger partial charge in [0.05, 0.1) is 15.5 Å². The molecule has 1 saturated heterocycles. The molecule has 0 atom stereocenters. The Morgan fingerprint density at radius 1 is 1.33 bits per heavy atom. The summed E-state index contributed by atoms with van der Waals surface area (Å²) in [5.74, 6) is -0.952. The van der Waals surface area contributed by atoms with E-state index >= 15 is 0 Å². The average molecular weight is 398 g/mol. The van der Waals surface area contributed by atoms with Gasteiger partial charge in [0.2, 0.25) is 0 Å². The maximum absolute atomic E-state index is 12.4. The number of hydrogen-bond donors (Lipinski definition) is 2. The highest BCUT2D eigenvalue weighted by molar-refractivity contribution is 8.26. The van der Waals surface area contributed by atoms with E-state index < -0.39 is 11.8 Å². The summed E-state index contributed by atoms with van der Waals surface area (Å²) in [7, 11) is 0. The van der Waals surface area contributed by atoms with E-state index in [0.29, 0.717) is 9.93 Å². The Kier molecular flexibility index (Phi) is 4.96. The van der Waals surface area contributed by atoms with Crippen molar-refractivity contribution in [2.75, 3.05) is 0 Å². The molecule has 1 aliphatic rings. The third-order valence-electron chi connectivity index (χ3n) is 3.09. The van der Waals surface area contributed by atoms with Gasteiger partial charge >= 0.3 is 0 Å². The Hall–Kier alpha value is -1.80. The molecular formula is C15H9Cl2N3O2S2. The minimum atomic E-state index is -0.547. The summed E-state index contributed by atoms with van der Waals surface area (Å²) in [4.78, 5) is 28.1. The van der Waals surface area contributed by atoms with Crippen LogP contribution in [0.15, 0.2) is 41.4 Å². The number of benzene rings is 1. The normalized spacial score (nSPS) is 16.1. The van der Waals surface area contributed by atoms with E-state index in [-0.39, 0.29) is 14.9 Å². The lowest BCUT2D eigenvalue weighted by molar-refractivity contribution is -0.123. The highest BCUT2D eigenvalue weighted by atomic mass is 35.5. The maximum Gasteiger partial charge on any atom is 0.285 e. The average Bonchev–Trinajstić information content (AvgIpc) is 3.11. The van der Waals surface area contributed by atoms with Gasteiger partial charge in [0.15, 0.2) is 4.32 Å². The van der Waals surface area contributed by atoms with Crippen LogP contribution in [0, 0.1) is 0 Å². The number of nitrogens with one attached hydrogen (secondary N) is 2. The number of carbonyl (C=O) groups excluding carboxylic acids is 2. The molecule has 2 amide bonds. The molecule has 2 aromatic rings. The molecular weight excluding hydrogens is 389 g/mol. The second kappa shape index (κ2) is 6.98. The van der Waals surface area contributed by atoms with Gasteiger partial charge in [-0.15, -0.1) is 0 Å². The summed E-state index contributed by atoms with van der Waals surface area (Å²) in [6.07, 6.45) is 3.41. The molecule has 1 aliphatic heterocycles. The fraction of sp³-hybridized carbons (Fsp3) is 0. The van der Waals surface area contributed by atoms with Crippen molar-refractivity contribution in [2.24, 2.45) is 0 Å². The fourth-order valence-electron chi connectivity index (χ4n) is 1.97. The summed E-state index contributed by atoms with van der Waals surface area (Å²) in [6, 6.07) is 8.10. The molecule has 0 radical (unpaired) electrons. The Balaban J connectivity index is 1.79. The molecule has 0 bridgehead atoms. The zero-order valence-electron chi connectivity index (χ0n) is 11.9.